The normalized spacial score (nSPS) is 14.2. The third-order valence-corrected chi connectivity index (χ3v) is 5.87. The van der Waals surface area contributed by atoms with Crippen molar-refractivity contribution in [1.82, 2.24) is 0 Å². The number of benzene rings is 1. The second kappa shape index (κ2) is 6.27. The lowest BCUT2D eigenvalue weighted by Gasteiger charge is -2.29. The minimum Gasteiger partial charge on any atom is -0.495 e. The number of hydrogen-bond acceptors (Lipinski definition) is 3. The molecule has 0 bridgehead atoms. The van der Waals surface area contributed by atoms with Crippen molar-refractivity contribution in [1.29, 1.82) is 0 Å². The summed E-state index contributed by atoms with van der Waals surface area (Å²) >= 11 is 3.42. The first kappa shape index (κ1) is 16.5. The van der Waals surface area contributed by atoms with Gasteiger partial charge in [-0.1, -0.05) is 48.8 Å². The van der Waals surface area contributed by atoms with Crippen LogP contribution in [0.25, 0.3) is 0 Å². The minimum atomic E-state index is -3.35. The third-order valence-electron chi connectivity index (χ3n) is 3.24. The Hall–Kier alpha value is -0.550. The van der Waals surface area contributed by atoms with E-state index in [1.165, 1.54) is 7.11 Å². The molecular formula is C14H21BrO3S. The number of halogens is 1. The molecule has 0 heterocycles. The number of sulfone groups is 1. The van der Waals surface area contributed by atoms with Gasteiger partial charge < -0.3 is 4.74 Å². The van der Waals surface area contributed by atoms with Gasteiger partial charge in [-0.05, 0) is 23.5 Å². The molecule has 0 saturated carbocycles. The van der Waals surface area contributed by atoms with E-state index in [4.69, 9.17) is 4.74 Å². The Morgan fingerprint density at radius 2 is 1.84 bits per heavy atom. The quantitative estimate of drug-likeness (QED) is 0.764. The zero-order chi connectivity index (χ0) is 14.7. The molecule has 19 heavy (non-hydrogen) atoms. The molecule has 0 amide bonds. The first-order valence-corrected chi connectivity index (χ1v) is 8.91. The van der Waals surface area contributed by atoms with Gasteiger partial charge in [0.1, 0.15) is 10.6 Å². The van der Waals surface area contributed by atoms with E-state index in [1.54, 1.807) is 24.3 Å². The maximum atomic E-state index is 12.5. The van der Waals surface area contributed by atoms with Crippen molar-refractivity contribution in [3.8, 4) is 5.75 Å². The van der Waals surface area contributed by atoms with Gasteiger partial charge in [-0.3, -0.25) is 0 Å². The summed E-state index contributed by atoms with van der Waals surface area (Å²) in [4.78, 5) is 0.271. The molecular weight excluding hydrogens is 328 g/mol. The minimum absolute atomic E-state index is 0.0439. The van der Waals surface area contributed by atoms with Crippen molar-refractivity contribution in [3.63, 3.8) is 0 Å². The third kappa shape index (κ3) is 4.21. The zero-order valence-corrected chi connectivity index (χ0v) is 14.2. The first-order chi connectivity index (χ1) is 8.72. The van der Waals surface area contributed by atoms with Crippen LogP contribution in [-0.4, -0.2) is 26.6 Å². The number of rotatable bonds is 5. The molecule has 1 rings (SSSR count). The van der Waals surface area contributed by atoms with E-state index in [2.05, 4.69) is 36.7 Å². The van der Waals surface area contributed by atoms with E-state index in [-0.39, 0.29) is 22.0 Å². The second-order valence-electron chi connectivity index (χ2n) is 5.65. The Kier molecular flexibility index (Phi) is 5.44. The second-order valence-corrected chi connectivity index (χ2v) is 8.30. The van der Waals surface area contributed by atoms with Gasteiger partial charge >= 0.3 is 0 Å². The predicted molar refractivity (Wildman–Crippen MR) is 81.8 cm³/mol. The molecule has 1 aromatic rings. The molecule has 0 fully saturated rings. The lowest BCUT2D eigenvalue weighted by molar-refractivity contribution is 0.291. The summed E-state index contributed by atoms with van der Waals surface area (Å²) in [5.74, 6) is 0.564. The largest absolute Gasteiger partial charge is 0.495 e. The topological polar surface area (TPSA) is 43.4 Å². The van der Waals surface area contributed by atoms with E-state index < -0.39 is 9.84 Å². The van der Waals surface area contributed by atoms with Crippen LogP contribution in [0.3, 0.4) is 0 Å². The highest BCUT2D eigenvalue weighted by molar-refractivity contribution is 9.09. The van der Waals surface area contributed by atoms with Gasteiger partial charge in [-0.25, -0.2) is 8.42 Å². The Morgan fingerprint density at radius 1 is 1.26 bits per heavy atom. The number of hydrogen-bond donors (Lipinski definition) is 0. The molecule has 0 aromatic heterocycles. The summed E-state index contributed by atoms with van der Waals surface area (Å²) < 4.78 is 30.2. The standard InChI is InChI=1S/C14H21BrO3S/c1-14(2,3)11(9-15)10-19(16,17)13-8-6-5-7-12(13)18-4/h5-8,11H,9-10H2,1-4H3. The van der Waals surface area contributed by atoms with E-state index in [0.29, 0.717) is 11.1 Å². The van der Waals surface area contributed by atoms with Gasteiger partial charge in [0.25, 0.3) is 0 Å². The molecule has 3 nitrogen and oxygen atoms in total. The van der Waals surface area contributed by atoms with Crippen LogP contribution in [0.4, 0.5) is 0 Å². The fourth-order valence-corrected chi connectivity index (χ4v) is 5.33. The van der Waals surface area contributed by atoms with Crippen molar-refractivity contribution in [2.75, 3.05) is 18.2 Å². The van der Waals surface area contributed by atoms with Gasteiger partial charge in [0.05, 0.1) is 12.9 Å². The smallest absolute Gasteiger partial charge is 0.182 e. The van der Waals surface area contributed by atoms with Crippen LogP contribution >= 0.6 is 15.9 Å². The molecule has 0 aliphatic rings. The average molecular weight is 349 g/mol. The van der Waals surface area contributed by atoms with Gasteiger partial charge in [-0.15, -0.1) is 0 Å². The summed E-state index contributed by atoms with van der Waals surface area (Å²) in [5, 5.41) is 0.658. The van der Waals surface area contributed by atoms with Crippen molar-refractivity contribution in [2.24, 2.45) is 11.3 Å². The average Bonchev–Trinajstić information content (AvgIpc) is 2.34. The number of alkyl halides is 1. The van der Waals surface area contributed by atoms with Crippen molar-refractivity contribution < 1.29 is 13.2 Å². The number of methoxy groups -OCH3 is 1. The van der Waals surface area contributed by atoms with Gasteiger partial charge in [0.2, 0.25) is 0 Å². The first-order valence-electron chi connectivity index (χ1n) is 6.14. The molecule has 0 aliphatic carbocycles. The van der Waals surface area contributed by atoms with E-state index in [9.17, 15) is 8.42 Å². The molecule has 1 unspecified atom stereocenters. The molecule has 0 spiro atoms. The SMILES string of the molecule is COc1ccccc1S(=O)(=O)CC(CBr)C(C)(C)C. The van der Waals surface area contributed by atoms with Gasteiger partial charge in [-0.2, -0.15) is 0 Å². The molecule has 0 saturated heterocycles. The summed E-state index contributed by atoms with van der Waals surface area (Å²) in [6.07, 6.45) is 0. The maximum Gasteiger partial charge on any atom is 0.182 e. The fraction of sp³-hybridized carbons (Fsp3) is 0.571. The fourth-order valence-electron chi connectivity index (χ4n) is 1.76. The highest BCUT2D eigenvalue weighted by atomic mass is 79.9. The van der Waals surface area contributed by atoms with Crippen LogP contribution in [0.5, 0.6) is 5.75 Å². The Labute approximate surface area is 124 Å². The van der Waals surface area contributed by atoms with Crippen molar-refractivity contribution >= 4 is 25.8 Å². The molecule has 1 atom stereocenters. The van der Waals surface area contributed by atoms with E-state index in [0.717, 1.165) is 0 Å². The zero-order valence-electron chi connectivity index (χ0n) is 11.8. The van der Waals surface area contributed by atoms with Gasteiger partial charge in [0, 0.05) is 5.33 Å². The number of para-hydroxylation sites is 1. The van der Waals surface area contributed by atoms with E-state index in [1.807, 2.05) is 0 Å². The van der Waals surface area contributed by atoms with Crippen LogP contribution in [-0.2, 0) is 9.84 Å². The Morgan fingerprint density at radius 3 is 2.32 bits per heavy atom. The van der Waals surface area contributed by atoms with Crippen LogP contribution in [0.2, 0.25) is 0 Å². The summed E-state index contributed by atoms with van der Waals surface area (Å²) in [6, 6.07) is 6.76. The Bertz CT molecular complexity index is 518. The lowest BCUT2D eigenvalue weighted by atomic mass is 9.83. The molecule has 0 radical (unpaired) electrons. The molecule has 0 aliphatic heterocycles. The lowest BCUT2D eigenvalue weighted by Crippen LogP contribution is -2.29. The molecule has 5 heteroatoms. The molecule has 108 valence electrons. The maximum absolute atomic E-state index is 12.5. The van der Waals surface area contributed by atoms with Crippen molar-refractivity contribution in [3.05, 3.63) is 24.3 Å². The molecule has 1 aromatic carbocycles. The van der Waals surface area contributed by atoms with Crippen molar-refractivity contribution in [2.45, 2.75) is 25.7 Å². The van der Waals surface area contributed by atoms with Crippen LogP contribution in [0.15, 0.2) is 29.2 Å². The summed E-state index contributed by atoms with van der Waals surface area (Å²) in [5.41, 5.74) is -0.0708. The van der Waals surface area contributed by atoms with Gasteiger partial charge in [0.15, 0.2) is 9.84 Å². The Balaban J connectivity index is 3.11. The molecule has 0 N–H and O–H groups in total. The monoisotopic (exact) mass is 348 g/mol. The highest BCUT2D eigenvalue weighted by Gasteiger charge is 2.30. The summed E-state index contributed by atoms with van der Waals surface area (Å²) in [6.45, 7) is 6.16. The van der Waals surface area contributed by atoms with Crippen LogP contribution in [0.1, 0.15) is 20.8 Å². The predicted octanol–water partition coefficient (Wildman–Crippen LogP) is 3.53. The highest BCUT2D eigenvalue weighted by Crippen LogP contribution is 2.32. The van der Waals surface area contributed by atoms with Crippen LogP contribution < -0.4 is 4.74 Å². The summed E-state index contributed by atoms with van der Waals surface area (Å²) in [7, 11) is -1.87. The van der Waals surface area contributed by atoms with E-state index >= 15 is 0 Å². The van der Waals surface area contributed by atoms with Crippen LogP contribution in [0, 0.1) is 11.3 Å². The number of ether oxygens (including phenoxy) is 1.